The van der Waals surface area contributed by atoms with Gasteiger partial charge in [-0.05, 0) is 59.7 Å². The fraction of sp³-hybridized carbons (Fsp3) is 0.120. The van der Waals surface area contributed by atoms with Gasteiger partial charge in [0, 0.05) is 23.2 Å². The average Bonchev–Trinajstić information content (AvgIpc) is 2.82. The number of methoxy groups -OCH3 is 2. The molecule has 3 aromatic carbocycles. The number of benzene rings is 3. The molecule has 7 nitrogen and oxygen atoms in total. The Hall–Kier alpha value is -4.26. The average molecular weight is 431 g/mol. The molecule has 0 radical (unpaired) electrons. The minimum Gasteiger partial charge on any atom is -0.497 e. The third-order valence-electron chi connectivity index (χ3n) is 4.86. The van der Waals surface area contributed by atoms with Crippen molar-refractivity contribution in [1.82, 2.24) is 0 Å². The molecule has 4 aromatic rings. The molecular weight excluding hydrogens is 410 g/mol. The van der Waals surface area contributed by atoms with Crippen molar-refractivity contribution in [2.24, 2.45) is 0 Å². The lowest BCUT2D eigenvalue weighted by molar-refractivity contribution is -0.118. The number of amides is 1. The number of anilines is 1. The molecule has 0 saturated heterocycles. The quantitative estimate of drug-likeness (QED) is 0.434. The lowest BCUT2D eigenvalue weighted by Gasteiger charge is -2.10. The van der Waals surface area contributed by atoms with Crippen molar-refractivity contribution in [3.05, 3.63) is 83.2 Å². The number of ether oxygens (including phenoxy) is 3. The second-order valence-electron chi connectivity index (χ2n) is 6.93. The molecule has 0 aliphatic heterocycles. The van der Waals surface area contributed by atoms with E-state index in [4.69, 9.17) is 18.6 Å². The number of carbonyl (C=O) groups is 1. The molecule has 0 atom stereocenters. The first-order chi connectivity index (χ1) is 15.6. The van der Waals surface area contributed by atoms with Crippen LogP contribution in [0.2, 0.25) is 0 Å². The molecule has 1 N–H and O–H groups in total. The molecule has 0 aliphatic rings. The molecule has 0 unspecified atom stereocenters. The van der Waals surface area contributed by atoms with Crippen molar-refractivity contribution in [3.63, 3.8) is 0 Å². The highest BCUT2D eigenvalue weighted by molar-refractivity contribution is 5.94. The summed E-state index contributed by atoms with van der Waals surface area (Å²) >= 11 is 0. The van der Waals surface area contributed by atoms with Crippen LogP contribution in [0.5, 0.6) is 17.2 Å². The van der Waals surface area contributed by atoms with Crippen LogP contribution in [0.4, 0.5) is 5.69 Å². The maximum Gasteiger partial charge on any atom is 0.336 e. The van der Waals surface area contributed by atoms with E-state index in [0.29, 0.717) is 22.8 Å². The molecule has 0 saturated carbocycles. The third-order valence-corrected chi connectivity index (χ3v) is 4.86. The van der Waals surface area contributed by atoms with E-state index in [9.17, 15) is 9.59 Å². The highest BCUT2D eigenvalue weighted by Gasteiger charge is 2.11. The van der Waals surface area contributed by atoms with Crippen molar-refractivity contribution in [3.8, 4) is 28.4 Å². The molecule has 162 valence electrons. The highest BCUT2D eigenvalue weighted by Crippen LogP contribution is 2.30. The zero-order valence-electron chi connectivity index (χ0n) is 17.6. The highest BCUT2D eigenvalue weighted by atomic mass is 16.5. The fourth-order valence-corrected chi connectivity index (χ4v) is 3.26. The Kier molecular flexibility index (Phi) is 6.07. The molecular formula is C25H21NO6. The van der Waals surface area contributed by atoms with Gasteiger partial charge in [-0.15, -0.1) is 0 Å². The molecule has 1 aromatic heterocycles. The van der Waals surface area contributed by atoms with Crippen LogP contribution in [0.15, 0.2) is 82.0 Å². The van der Waals surface area contributed by atoms with Crippen molar-refractivity contribution >= 4 is 22.6 Å². The van der Waals surface area contributed by atoms with Crippen LogP contribution in [0.25, 0.3) is 22.1 Å². The van der Waals surface area contributed by atoms with Crippen LogP contribution in [-0.4, -0.2) is 26.7 Å². The zero-order chi connectivity index (χ0) is 22.5. The van der Waals surface area contributed by atoms with Gasteiger partial charge in [0.1, 0.15) is 22.8 Å². The van der Waals surface area contributed by atoms with E-state index in [1.54, 1.807) is 56.7 Å². The van der Waals surface area contributed by atoms with Gasteiger partial charge < -0.3 is 23.9 Å². The standard InChI is InChI=1S/C25H21NO6/c1-29-18-7-3-16(4-8-18)22-14-25(28)32-23-13-20(11-12-21(22)23)31-15-24(27)26-17-5-9-19(30-2)10-6-17/h3-14H,15H2,1-2H3,(H,26,27). The van der Waals surface area contributed by atoms with Crippen LogP contribution >= 0.6 is 0 Å². The second-order valence-corrected chi connectivity index (χ2v) is 6.93. The lowest BCUT2D eigenvalue weighted by Crippen LogP contribution is -2.20. The Morgan fingerprint density at radius 3 is 2.12 bits per heavy atom. The van der Waals surface area contributed by atoms with E-state index < -0.39 is 5.63 Å². The Morgan fingerprint density at radius 2 is 1.47 bits per heavy atom. The number of rotatable bonds is 7. The Labute approximate surface area is 184 Å². The monoisotopic (exact) mass is 431 g/mol. The number of carbonyl (C=O) groups excluding carboxylic acids is 1. The van der Waals surface area contributed by atoms with Gasteiger partial charge in [-0.25, -0.2) is 4.79 Å². The van der Waals surface area contributed by atoms with E-state index in [2.05, 4.69) is 5.32 Å². The van der Waals surface area contributed by atoms with Gasteiger partial charge >= 0.3 is 5.63 Å². The Balaban J connectivity index is 1.50. The molecule has 0 spiro atoms. The SMILES string of the molecule is COc1ccc(NC(=O)COc2ccc3c(-c4ccc(OC)cc4)cc(=O)oc3c2)cc1. The molecule has 1 heterocycles. The summed E-state index contributed by atoms with van der Waals surface area (Å²) in [6, 6.07) is 21.0. The van der Waals surface area contributed by atoms with Crippen LogP contribution < -0.4 is 25.2 Å². The summed E-state index contributed by atoms with van der Waals surface area (Å²) in [5.41, 5.74) is 2.13. The van der Waals surface area contributed by atoms with Crippen molar-refractivity contribution in [1.29, 1.82) is 0 Å². The van der Waals surface area contributed by atoms with Gasteiger partial charge in [-0.1, -0.05) is 12.1 Å². The third kappa shape index (κ3) is 4.73. The first-order valence-corrected chi connectivity index (χ1v) is 9.85. The van der Waals surface area contributed by atoms with E-state index in [0.717, 1.165) is 22.3 Å². The predicted molar refractivity (Wildman–Crippen MR) is 122 cm³/mol. The molecule has 32 heavy (non-hydrogen) atoms. The molecule has 0 fully saturated rings. The predicted octanol–water partition coefficient (Wildman–Crippen LogP) is 4.49. The molecule has 0 aliphatic carbocycles. The summed E-state index contributed by atoms with van der Waals surface area (Å²) in [7, 11) is 3.17. The summed E-state index contributed by atoms with van der Waals surface area (Å²) < 4.78 is 21.2. The van der Waals surface area contributed by atoms with E-state index in [1.807, 2.05) is 24.3 Å². The van der Waals surface area contributed by atoms with Crippen LogP contribution in [0.1, 0.15) is 0 Å². The molecule has 1 amide bonds. The normalized spacial score (nSPS) is 10.6. The maximum absolute atomic E-state index is 12.2. The van der Waals surface area contributed by atoms with Gasteiger partial charge in [0.15, 0.2) is 6.61 Å². The van der Waals surface area contributed by atoms with Gasteiger partial charge in [0.05, 0.1) is 14.2 Å². The number of fused-ring (bicyclic) bond motifs is 1. The van der Waals surface area contributed by atoms with Crippen LogP contribution in [-0.2, 0) is 4.79 Å². The summed E-state index contributed by atoms with van der Waals surface area (Å²) in [6.07, 6.45) is 0. The first kappa shape index (κ1) is 21.0. The summed E-state index contributed by atoms with van der Waals surface area (Å²) in [4.78, 5) is 24.3. The van der Waals surface area contributed by atoms with Crippen molar-refractivity contribution in [2.75, 3.05) is 26.1 Å². The van der Waals surface area contributed by atoms with Gasteiger partial charge in [0.25, 0.3) is 5.91 Å². The minimum atomic E-state index is -0.474. The van der Waals surface area contributed by atoms with E-state index >= 15 is 0 Å². The topological polar surface area (TPSA) is 87.0 Å². The Bertz CT molecular complexity index is 1290. The second kappa shape index (κ2) is 9.26. The number of hydrogen-bond donors (Lipinski definition) is 1. The largest absolute Gasteiger partial charge is 0.497 e. The summed E-state index contributed by atoms with van der Waals surface area (Å²) in [5.74, 6) is 1.52. The van der Waals surface area contributed by atoms with Gasteiger partial charge in [-0.3, -0.25) is 4.79 Å². The minimum absolute atomic E-state index is 0.195. The van der Waals surface area contributed by atoms with Gasteiger partial charge in [-0.2, -0.15) is 0 Å². The number of nitrogens with one attached hydrogen (secondary N) is 1. The van der Waals surface area contributed by atoms with E-state index in [1.165, 1.54) is 6.07 Å². The Morgan fingerprint density at radius 1 is 0.844 bits per heavy atom. The summed E-state index contributed by atoms with van der Waals surface area (Å²) in [6.45, 7) is -0.195. The van der Waals surface area contributed by atoms with Crippen LogP contribution in [0, 0.1) is 0 Å². The molecule has 7 heteroatoms. The lowest BCUT2D eigenvalue weighted by atomic mass is 10.0. The van der Waals surface area contributed by atoms with Gasteiger partial charge in [0.2, 0.25) is 0 Å². The summed E-state index contributed by atoms with van der Waals surface area (Å²) in [5, 5.41) is 3.50. The maximum atomic E-state index is 12.2. The van der Waals surface area contributed by atoms with E-state index in [-0.39, 0.29) is 12.5 Å². The molecule has 4 rings (SSSR count). The van der Waals surface area contributed by atoms with Crippen molar-refractivity contribution < 1.29 is 23.4 Å². The smallest absolute Gasteiger partial charge is 0.336 e. The molecule has 0 bridgehead atoms. The zero-order valence-corrected chi connectivity index (χ0v) is 17.6. The first-order valence-electron chi connectivity index (χ1n) is 9.85. The fourth-order valence-electron chi connectivity index (χ4n) is 3.26. The van der Waals surface area contributed by atoms with Crippen LogP contribution in [0.3, 0.4) is 0 Å². The number of hydrogen-bond acceptors (Lipinski definition) is 6. The van der Waals surface area contributed by atoms with Crippen molar-refractivity contribution in [2.45, 2.75) is 0 Å².